The summed E-state index contributed by atoms with van der Waals surface area (Å²) in [7, 11) is 1.85. The van der Waals surface area contributed by atoms with Crippen molar-refractivity contribution in [1.29, 1.82) is 0 Å². The summed E-state index contributed by atoms with van der Waals surface area (Å²) in [6.07, 6.45) is 1.65. The van der Waals surface area contributed by atoms with Crippen LogP contribution in [-0.4, -0.2) is 27.3 Å². The molecule has 22 heavy (non-hydrogen) atoms. The lowest BCUT2D eigenvalue weighted by Gasteiger charge is -2.23. The molecule has 8 nitrogen and oxygen atoms in total. The van der Waals surface area contributed by atoms with Crippen LogP contribution >= 0.6 is 21.6 Å². The van der Waals surface area contributed by atoms with Crippen LogP contribution in [0.4, 0.5) is 0 Å². The van der Waals surface area contributed by atoms with E-state index in [-0.39, 0.29) is 5.56 Å². The predicted molar refractivity (Wildman–Crippen MR) is 85.4 cm³/mol. The van der Waals surface area contributed by atoms with Crippen LogP contribution in [0.25, 0.3) is 0 Å². The van der Waals surface area contributed by atoms with E-state index in [0.717, 1.165) is 27.9 Å². The summed E-state index contributed by atoms with van der Waals surface area (Å²) in [5.74, 6) is 0.469. The van der Waals surface area contributed by atoms with Crippen molar-refractivity contribution < 1.29 is 14.6 Å². The maximum absolute atomic E-state index is 11.4. The van der Waals surface area contributed by atoms with Gasteiger partial charge in [-0.1, -0.05) is 41.1 Å². The second-order valence-electron chi connectivity index (χ2n) is 4.31. The van der Waals surface area contributed by atoms with Gasteiger partial charge in [0.25, 0.3) is 0 Å². The minimum absolute atomic E-state index is 0.0719. The fourth-order valence-corrected chi connectivity index (χ4v) is 4.28. The maximum Gasteiger partial charge on any atom is 0.375 e. The molecule has 0 aliphatic rings. The molecular weight excluding hydrogens is 330 g/mol. The number of unbranched alkanes of at least 4 members (excludes halogenated alkanes) is 1. The number of nitrogens with zero attached hydrogens (tertiary/aromatic N) is 2. The highest BCUT2D eigenvalue weighted by molar-refractivity contribution is 8.76. The Kier molecular flexibility index (Phi) is 7.28. The molecule has 1 aromatic carbocycles. The SMILES string of the molecule is NC(c1ccccc1)(C(SSCCCC=O)[N+](=O)[O-])[N+](=O)[O-]. The van der Waals surface area contributed by atoms with Crippen LogP contribution in [0, 0.1) is 20.2 Å². The number of hydrogen-bond donors (Lipinski definition) is 1. The van der Waals surface area contributed by atoms with Crippen LogP contribution in [-0.2, 0) is 10.5 Å². The fourth-order valence-electron chi connectivity index (χ4n) is 1.65. The molecule has 2 unspecified atom stereocenters. The van der Waals surface area contributed by atoms with Crippen molar-refractivity contribution in [3.8, 4) is 0 Å². The minimum Gasteiger partial charge on any atom is -0.303 e. The van der Waals surface area contributed by atoms with E-state index in [9.17, 15) is 25.0 Å². The van der Waals surface area contributed by atoms with Gasteiger partial charge >= 0.3 is 11.0 Å². The van der Waals surface area contributed by atoms with Gasteiger partial charge in [-0.25, -0.2) is 0 Å². The molecule has 120 valence electrons. The molecule has 0 heterocycles. The van der Waals surface area contributed by atoms with Crippen molar-refractivity contribution in [3.63, 3.8) is 0 Å². The van der Waals surface area contributed by atoms with Crippen molar-refractivity contribution in [2.45, 2.75) is 23.9 Å². The standard InChI is InChI=1S/C12H15N3O5S2/c13-12(15(19)20,10-6-2-1-3-7-10)11(14(17)18)22-21-9-5-4-8-16/h1-3,6-8,11H,4-5,9,13H2. The molecular formula is C12H15N3O5S2. The summed E-state index contributed by atoms with van der Waals surface area (Å²) in [5, 5.41) is 21.0. The van der Waals surface area contributed by atoms with Gasteiger partial charge in [-0.05, 0) is 17.2 Å². The van der Waals surface area contributed by atoms with Crippen molar-refractivity contribution in [2.75, 3.05) is 5.75 Å². The van der Waals surface area contributed by atoms with E-state index in [1.807, 2.05) is 0 Å². The number of nitrogens with two attached hydrogens (primary N) is 1. The number of rotatable bonds is 10. The molecule has 0 fully saturated rings. The van der Waals surface area contributed by atoms with Gasteiger partial charge in [0.15, 0.2) is 0 Å². The normalized spacial score (nSPS) is 14.8. The molecule has 0 aliphatic heterocycles. The average Bonchev–Trinajstić information content (AvgIpc) is 2.50. The van der Waals surface area contributed by atoms with Crippen molar-refractivity contribution >= 4 is 27.9 Å². The van der Waals surface area contributed by atoms with E-state index in [0.29, 0.717) is 18.6 Å². The third-order valence-electron chi connectivity index (χ3n) is 2.82. The summed E-state index contributed by atoms with van der Waals surface area (Å²) in [6, 6.07) is 7.53. The molecule has 0 radical (unpaired) electrons. The molecule has 1 rings (SSSR count). The summed E-state index contributed by atoms with van der Waals surface area (Å²) in [5.41, 5.74) is 3.56. The lowest BCUT2D eigenvalue weighted by molar-refractivity contribution is -0.644. The number of carbonyl (C=O) groups excluding carboxylic acids is 1. The number of aldehydes is 1. The van der Waals surface area contributed by atoms with Crippen LogP contribution in [0.5, 0.6) is 0 Å². The lowest BCUT2D eigenvalue weighted by atomic mass is 10.0. The highest BCUT2D eigenvalue weighted by Gasteiger charge is 2.57. The van der Waals surface area contributed by atoms with Crippen molar-refractivity contribution in [3.05, 3.63) is 56.1 Å². The van der Waals surface area contributed by atoms with Gasteiger partial charge in [-0.15, -0.1) is 0 Å². The molecule has 2 atom stereocenters. The van der Waals surface area contributed by atoms with E-state index < -0.39 is 20.9 Å². The quantitative estimate of drug-likeness (QED) is 0.170. The van der Waals surface area contributed by atoms with Crippen LogP contribution < -0.4 is 5.73 Å². The topological polar surface area (TPSA) is 129 Å². The lowest BCUT2D eigenvalue weighted by Crippen LogP contribution is -2.55. The first-order valence-corrected chi connectivity index (χ1v) is 8.67. The van der Waals surface area contributed by atoms with Gasteiger partial charge in [0.05, 0.1) is 10.5 Å². The zero-order chi connectivity index (χ0) is 16.6. The third kappa shape index (κ3) is 4.42. The molecule has 0 saturated heterocycles. The van der Waals surface area contributed by atoms with Crippen LogP contribution in [0.15, 0.2) is 30.3 Å². The first-order chi connectivity index (χ1) is 10.4. The number of nitro groups is 2. The largest absolute Gasteiger partial charge is 0.375 e. The van der Waals surface area contributed by atoms with E-state index in [2.05, 4.69) is 0 Å². The van der Waals surface area contributed by atoms with Crippen LogP contribution in [0.3, 0.4) is 0 Å². The van der Waals surface area contributed by atoms with E-state index in [1.54, 1.807) is 18.2 Å². The van der Waals surface area contributed by atoms with Crippen molar-refractivity contribution in [1.82, 2.24) is 0 Å². The Morgan fingerprint density at radius 3 is 2.41 bits per heavy atom. The Balaban J connectivity index is 2.95. The molecule has 0 aliphatic carbocycles. The summed E-state index contributed by atoms with van der Waals surface area (Å²) in [6.45, 7) is 0. The van der Waals surface area contributed by atoms with E-state index in [4.69, 9.17) is 5.73 Å². The van der Waals surface area contributed by atoms with Crippen molar-refractivity contribution in [2.24, 2.45) is 5.73 Å². The van der Waals surface area contributed by atoms with Gasteiger partial charge in [-0.3, -0.25) is 26.0 Å². The molecule has 0 aromatic heterocycles. The fraction of sp³-hybridized carbons (Fsp3) is 0.417. The summed E-state index contributed by atoms with van der Waals surface area (Å²) < 4.78 is 0. The molecule has 1 aromatic rings. The second kappa shape index (κ2) is 8.71. The minimum atomic E-state index is -2.33. The third-order valence-corrected chi connectivity index (χ3v) is 5.58. The molecule has 10 heteroatoms. The average molecular weight is 345 g/mol. The first kappa shape index (κ1) is 18.4. The van der Waals surface area contributed by atoms with Crippen LogP contribution in [0.2, 0.25) is 0 Å². The number of benzene rings is 1. The summed E-state index contributed by atoms with van der Waals surface area (Å²) in [4.78, 5) is 31.3. The number of hydrogen-bond acceptors (Lipinski definition) is 8. The van der Waals surface area contributed by atoms with Gasteiger partial charge < -0.3 is 4.79 Å². The van der Waals surface area contributed by atoms with Gasteiger partial charge in [0.2, 0.25) is 0 Å². The number of carbonyl (C=O) groups is 1. The van der Waals surface area contributed by atoms with E-state index >= 15 is 0 Å². The van der Waals surface area contributed by atoms with Crippen LogP contribution in [0.1, 0.15) is 18.4 Å². The maximum atomic E-state index is 11.4. The van der Waals surface area contributed by atoms with Gasteiger partial charge in [0.1, 0.15) is 6.29 Å². The Morgan fingerprint density at radius 2 is 1.91 bits per heavy atom. The second-order valence-corrected chi connectivity index (χ2v) is 6.88. The van der Waals surface area contributed by atoms with E-state index in [1.165, 1.54) is 12.1 Å². The highest BCUT2D eigenvalue weighted by Crippen LogP contribution is 2.38. The Labute approximate surface area is 134 Å². The first-order valence-electron chi connectivity index (χ1n) is 6.29. The van der Waals surface area contributed by atoms with Gasteiger partial charge in [0, 0.05) is 17.1 Å². The van der Waals surface area contributed by atoms with Gasteiger partial charge in [-0.2, -0.15) is 0 Å². The Morgan fingerprint density at radius 1 is 1.27 bits per heavy atom. The predicted octanol–water partition coefficient (Wildman–Crippen LogP) is 2.04. The molecule has 0 spiro atoms. The highest BCUT2D eigenvalue weighted by atomic mass is 33.1. The molecule has 0 amide bonds. The molecule has 0 saturated carbocycles. The zero-order valence-electron chi connectivity index (χ0n) is 11.5. The molecule has 0 bridgehead atoms. The Hall–Kier alpha value is -1.65. The monoisotopic (exact) mass is 345 g/mol. The molecule has 2 N–H and O–H groups in total. The Bertz CT molecular complexity index is 531. The zero-order valence-corrected chi connectivity index (χ0v) is 13.1. The summed E-state index contributed by atoms with van der Waals surface area (Å²) >= 11 is 0. The smallest absolute Gasteiger partial charge is 0.303 e.